The molecule has 226 valence electrons. The molecule has 10 nitrogen and oxygen atoms in total. The first kappa shape index (κ1) is 29.3. The zero-order chi connectivity index (χ0) is 30.8. The van der Waals surface area contributed by atoms with Gasteiger partial charge in [0.25, 0.3) is 0 Å². The zero-order valence-corrected chi connectivity index (χ0v) is 25.2. The number of hydrogen-bond acceptors (Lipinski definition) is 7. The minimum Gasteiger partial charge on any atom is -0.508 e. The monoisotopic (exact) mass is 610 g/mol. The predicted octanol–water partition coefficient (Wildman–Crippen LogP) is 4.05. The van der Waals surface area contributed by atoms with Crippen LogP contribution in [0.5, 0.6) is 5.75 Å². The summed E-state index contributed by atoms with van der Waals surface area (Å²) in [6, 6.07) is 21.0. The van der Waals surface area contributed by atoms with Gasteiger partial charge < -0.3 is 20.2 Å². The molecule has 4 aromatic rings. The number of amides is 4. The minimum atomic E-state index is -0.850. The SMILES string of the molecule is C=CCN1CC(=O)N2C(CN(Cc3cccc4sc(C)nc34)C(=O)[C@@H]2Cc2ccc(O)cc2)N1C(=O)NCc1ccccc1. The van der Waals surface area contributed by atoms with Crippen molar-refractivity contribution in [2.75, 3.05) is 19.6 Å². The fourth-order valence-corrected chi connectivity index (χ4v) is 6.88. The third kappa shape index (κ3) is 5.88. The van der Waals surface area contributed by atoms with Gasteiger partial charge in [-0.3, -0.25) is 9.59 Å². The number of aromatic hydroxyl groups is 1. The number of carbonyl (C=O) groups excluding carboxylic acids is 3. The molecule has 2 saturated heterocycles. The number of para-hydroxylation sites is 1. The van der Waals surface area contributed by atoms with Crippen LogP contribution in [0.3, 0.4) is 0 Å². The van der Waals surface area contributed by atoms with Crippen molar-refractivity contribution in [3.63, 3.8) is 0 Å². The average Bonchev–Trinajstić information content (AvgIpc) is 3.41. The molecule has 2 aliphatic rings. The van der Waals surface area contributed by atoms with Gasteiger partial charge in [0, 0.05) is 26.1 Å². The Labute approximate surface area is 259 Å². The second-order valence-electron chi connectivity index (χ2n) is 11.0. The Morgan fingerprint density at radius 2 is 1.84 bits per heavy atom. The van der Waals surface area contributed by atoms with Crippen molar-refractivity contribution < 1.29 is 19.5 Å². The summed E-state index contributed by atoms with van der Waals surface area (Å²) < 4.78 is 1.04. The van der Waals surface area contributed by atoms with E-state index in [0.29, 0.717) is 6.54 Å². The topological polar surface area (TPSA) is 109 Å². The Morgan fingerprint density at radius 3 is 2.59 bits per heavy atom. The molecule has 2 aliphatic heterocycles. The molecule has 2 atom stereocenters. The molecular weight excluding hydrogens is 576 g/mol. The normalized spacial score (nSPS) is 18.9. The van der Waals surface area contributed by atoms with Crippen LogP contribution in [-0.4, -0.2) is 79.6 Å². The van der Waals surface area contributed by atoms with Gasteiger partial charge in [0.05, 0.1) is 28.3 Å². The number of piperazine rings is 1. The van der Waals surface area contributed by atoms with E-state index in [1.54, 1.807) is 61.5 Å². The third-order valence-corrected chi connectivity index (χ3v) is 8.94. The Bertz CT molecular complexity index is 1690. The molecule has 1 aromatic heterocycles. The van der Waals surface area contributed by atoms with E-state index in [9.17, 15) is 19.5 Å². The zero-order valence-electron chi connectivity index (χ0n) is 24.4. The van der Waals surface area contributed by atoms with Crippen LogP contribution in [0.4, 0.5) is 4.79 Å². The van der Waals surface area contributed by atoms with Gasteiger partial charge in [-0.25, -0.2) is 19.8 Å². The quantitative estimate of drug-likeness (QED) is 0.292. The number of nitrogens with one attached hydrogen (secondary N) is 1. The van der Waals surface area contributed by atoms with Gasteiger partial charge >= 0.3 is 6.03 Å². The number of thiazole rings is 1. The highest BCUT2D eigenvalue weighted by atomic mass is 32.1. The van der Waals surface area contributed by atoms with Crippen molar-refractivity contribution in [3.8, 4) is 5.75 Å². The van der Waals surface area contributed by atoms with Crippen molar-refractivity contribution in [2.24, 2.45) is 0 Å². The largest absolute Gasteiger partial charge is 0.508 e. The van der Waals surface area contributed by atoms with E-state index in [2.05, 4.69) is 11.9 Å². The predicted molar refractivity (Wildman–Crippen MR) is 168 cm³/mol. The van der Waals surface area contributed by atoms with Crippen LogP contribution in [0.15, 0.2) is 85.5 Å². The van der Waals surface area contributed by atoms with Gasteiger partial charge in [-0.15, -0.1) is 17.9 Å². The van der Waals surface area contributed by atoms with Crippen LogP contribution >= 0.6 is 11.3 Å². The van der Waals surface area contributed by atoms with Crippen molar-refractivity contribution in [3.05, 3.63) is 107 Å². The fourth-order valence-electron chi connectivity index (χ4n) is 6.00. The van der Waals surface area contributed by atoms with Gasteiger partial charge in [-0.2, -0.15) is 0 Å². The standard InChI is InChI=1S/C33H34N6O4S/c1-3-16-37-21-30(41)38-27(17-23-12-14-26(40)15-13-23)32(42)36(19-25-10-7-11-28-31(25)35-22(2)44-28)20-29(38)39(37)33(43)34-18-24-8-5-4-6-9-24/h3-15,27,29,40H,1,16-21H2,2H3,(H,34,43)/t27-,29?/m0/s1. The number of fused-ring (bicyclic) bond motifs is 2. The highest BCUT2D eigenvalue weighted by molar-refractivity contribution is 7.18. The second-order valence-corrected chi connectivity index (χ2v) is 12.2. The summed E-state index contributed by atoms with van der Waals surface area (Å²) in [5, 5.41) is 17.0. The van der Waals surface area contributed by atoms with E-state index in [1.807, 2.05) is 55.5 Å². The number of aryl methyl sites for hydroxylation is 1. The molecule has 3 aromatic carbocycles. The Balaban J connectivity index is 1.37. The molecule has 2 N–H and O–H groups in total. The number of hydrogen-bond donors (Lipinski definition) is 2. The summed E-state index contributed by atoms with van der Waals surface area (Å²) in [6.07, 6.45) is 1.15. The lowest BCUT2D eigenvalue weighted by Gasteiger charge is -2.55. The van der Waals surface area contributed by atoms with E-state index < -0.39 is 12.2 Å². The van der Waals surface area contributed by atoms with Crippen LogP contribution in [0.2, 0.25) is 0 Å². The first-order chi connectivity index (χ1) is 21.3. The highest BCUT2D eigenvalue weighted by Gasteiger charge is 2.51. The van der Waals surface area contributed by atoms with Crippen molar-refractivity contribution in [2.45, 2.75) is 38.6 Å². The smallest absolute Gasteiger partial charge is 0.334 e. The van der Waals surface area contributed by atoms with Gasteiger partial charge in [0.1, 0.15) is 18.0 Å². The summed E-state index contributed by atoms with van der Waals surface area (Å²) in [4.78, 5) is 50.0. The maximum absolute atomic E-state index is 14.3. The second kappa shape index (κ2) is 12.5. The number of carbonyl (C=O) groups is 3. The fraction of sp³-hybridized carbons (Fsp3) is 0.273. The lowest BCUT2D eigenvalue weighted by molar-refractivity contribution is -0.189. The lowest BCUT2D eigenvalue weighted by atomic mass is 9.98. The van der Waals surface area contributed by atoms with Crippen LogP contribution in [0.1, 0.15) is 21.7 Å². The summed E-state index contributed by atoms with van der Waals surface area (Å²) in [5.41, 5.74) is 3.49. The molecule has 1 unspecified atom stereocenters. The maximum Gasteiger partial charge on any atom is 0.334 e. The van der Waals surface area contributed by atoms with E-state index in [0.717, 1.165) is 31.9 Å². The van der Waals surface area contributed by atoms with Crippen molar-refractivity contribution in [1.82, 2.24) is 30.1 Å². The first-order valence-corrected chi connectivity index (χ1v) is 15.3. The number of rotatable bonds is 8. The Hall–Kier alpha value is -4.74. The van der Waals surface area contributed by atoms with Crippen LogP contribution < -0.4 is 5.32 Å². The molecule has 0 radical (unpaired) electrons. The van der Waals surface area contributed by atoms with Crippen LogP contribution in [0, 0.1) is 6.92 Å². The molecule has 11 heteroatoms. The van der Waals surface area contributed by atoms with E-state index in [4.69, 9.17) is 4.98 Å². The summed E-state index contributed by atoms with van der Waals surface area (Å²) in [7, 11) is 0. The summed E-state index contributed by atoms with van der Waals surface area (Å²) in [6.45, 7) is 6.73. The molecule has 6 rings (SSSR count). The average molecular weight is 611 g/mol. The first-order valence-electron chi connectivity index (χ1n) is 14.5. The number of urea groups is 1. The molecule has 2 fully saturated rings. The molecular formula is C33H34N6O4S. The molecule has 4 amide bonds. The van der Waals surface area contributed by atoms with E-state index >= 15 is 0 Å². The van der Waals surface area contributed by atoms with Crippen LogP contribution in [0.25, 0.3) is 10.2 Å². The molecule has 0 bridgehead atoms. The number of phenolic OH excluding ortho intramolecular Hbond substituents is 1. The summed E-state index contributed by atoms with van der Waals surface area (Å²) in [5.74, 6) is -0.323. The summed E-state index contributed by atoms with van der Waals surface area (Å²) >= 11 is 1.60. The minimum absolute atomic E-state index is 0.0714. The number of phenols is 1. The third-order valence-electron chi connectivity index (χ3n) is 8.00. The highest BCUT2D eigenvalue weighted by Crippen LogP contribution is 2.31. The number of aromatic nitrogens is 1. The molecule has 0 aliphatic carbocycles. The van der Waals surface area contributed by atoms with Gasteiger partial charge in [0.15, 0.2) is 0 Å². The number of nitrogens with zero attached hydrogens (tertiary/aromatic N) is 5. The van der Waals surface area contributed by atoms with Crippen LogP contribution in [-0.2, 0) is 29.1 Å². The van der Waals surface area contributed by atoms with Gasteiger partial charge in [-0.05, 0) is 41.8 Å². The molecule has 0 saturated carbocycles. The van der Waals surface area contributed by atoms with Crippen molar-refractivity contribution in [1.29, 1.82) is 0 Å². The van der Waals surface area contributed by atoms with E-state index in [1.165, 1.54) is 0 Å². The van der Waals surface area contributed by atoms with Crippen molar-refractivity contribution >= 4 is 39.4 Å². The number of hydrazine groups is 1. The lowest BCUT2D eigenvalue weighted by Crippen LogP contribution is -2.76. The van der Waals surface area contributed by atoms with Gasteiger partial charge in [0.2, 0.25) is 11.8 Å². The molecule has 3 heterocycles. The maximum atomic E-state index is 14.3. The van der Waals surface area contributed by atoms with E-state index in [-0.39, 0.29) is 56.2 Å². The van der Waals surface area contributed by atoms with Gasteiger partial charge in [-0.1, -0.05) is 60.7 Å². The number of benzene rings is 3. The Morgan fingerprint density at radius 1 is 1.07 bits per heavy atom. The Kier molecular flexibility index (Phi) is 8.32. The molecule has 0 spiro atoms. The molecule has 44 heavy (non-hydrogen) atoms.